The van der Waals surface area contributed by atoms with Crippen LogP contribution in [-0.4, -0.2) is 9.55 Å². The van der Waals surface area contributed by atoms with E-state index in [0.717, 1.165) is 0 Å². The number of aromatic nitrogens is 2. The summed E-state index contributed by atoms with van der Waals surface area (Å²) in [5, 5.41) is 0. The van der Waals surface area contributed by atoms with Crippen molar-refractivity contribution >= 4 is 5.57 Å². The number of imidazole rings is 1. The summed E-state index contributed by atoms with van der Waals surface area (Å²) >= 11 is 0. The van der Waals surface area contributed by atoms with Crippen LogP contribution in [0.15, 0.2) is 18.5 Å². The number of nitrogens with zero attached hydrogens (tertiary/aromatic N) is 2. The molecule has 2 heteroatoms. The summed E-state index contributed by atoms with van der Waals surface area (Å²) in [5.41, 5.74) is 1.43. The highest BCUT2D eigenvalue weighted by molar-refractivity contribution is 5.62. The van der Waals surface area contributed by atoms with Crippen LogP contribution in [-0.2, 0) is 0 Å². The molecular formula is C11H16N2. The monoisotopic (exact) mass is 176 g/mol. The lowest BCUT2D eigenvalue weighted by molar-refractivity contribution is 0.591. The normalized spacial score (nSPS) is 16.7. The van der Waals surface area contributed by atoms with Crippen molar-refractivity contribution in [2.45, 2.75) is 39.2 Å². The first kappa shape index (κ1) is 8.54. The van der Waals surface area contributed by atoms with Crippen LogP contribution in [0, 0.1) is 0 Å². The van der Waals surface area contributed by atoms with Gasteiger partial charge in [-0.2, -0.15) is 0 Å². The fourth-order valence-corrected chi connectivity index (χ4v) is 1.85. The second-order valence-electron chi connectivity index (χ2n) is 3.87. The molecule has 1 aromatic heterocycles. The van der Waals surface area contributed by atoms with E-state index in [9.17, 15) is 0 Å². The lowest BCUT2D eigenvalue weighted by Gasteiger charge is -2.11. The van der Waals surface area contributed by atoms with Crippen molar-refractivity contribution in [3.63, 3.8) is 0 Å². The molecule has 0 spiro atoms. The average Bonchev–Trinajstić information content (AvgIpc) is 2.74. The van der Waals surface area contributed by atoms with Crippen molar-refractivity contribution in [1.82, 2.24) is 9.55 Å². The molecule has 0 unspecified atom stereocenters. The second-order valence-corrected chi connectivity index (χ2v) is 3.87. The lowest BCUT2D eigenvalue weighted by atomic mass is 10.2. The summed E-state index contributed by atoms with van der Waals surface area (Å²) in [7, 11) is 0. The molecule has 70 valence electrons. The highest BCUT2D eigenvalue weighted by Crippen LogP contribution is 2.27. The molecule has 0 aromatic carbocycles. The van der Waals surface area contributed by atoms with E-state index in [4.69, 9.17) is 0 Å². The quantitative estimate of drug-likeness (QED) is 0.677. The molecule has 13 heavy (non-hydrogen) atoms. The molecule has 2 rings (SSSR count). The SMILES string of the molecule is CC(C)n1ccnc1C1=CCCC1. The number of hydrogen-bond donors (Lipinski definition) is 0. The number of hydrogen-bond acceptors (Lipinski definition) is 1. The Morgan fingerprint density at radius 3 is 2.92 bits per heavy atom. The number of allylic oxidation sites excluding steroid dienone is 2. The third kappa shape index (κ3) is 1.53. The fraction of sp³-hybridized carbons (Fsp3) is 0.545. The van der Waals surface area contributed by atoms with Gasteiger partial charge in [-0.25, -0.2) is 4.98 Å². The van der Waals surface area contributed by atoms with Crippen molar-refractivity contribution in [2.75, 3.05) is 0 Å². The highest BCUT2D eigenvalue weighted by atomic mass is 15.1. The molecule has 1 aliphatic rings. The molecular weight excluding hydrogens is 160 g/mol. The maximum atomic E-state index is 4.41. The van der Waals surface area contributed by atoms with Crippen LogP contribution in [0.5, 0.6) is 0 Å². The molecule has 0 atom stereocenters. The van der Waals surface area contributed by atoms with Gasteiger partial charge >= 0.3 is 0 Å². The van der Waals surface area contributed by atoms with Gasteiger partial charge in [0, 0.05) is 18.4 Å². The van der Waals surface area contributed by atoms with Gasteiger partial charge in [0.05, 0.1) is 0 Å². The van der Waals surface area contributed by atoms with Crippen LogP contribution >= 0.6 is 0 Å². The molecule has 2 nitrogen and oxygen atoms in total. The largest absolute Gasteiger partial charge is 0.329 e. The van der Waals surface area contributed by atoms with E-state index in [-0.39, 0.29) is 0 Å². The predicted octanol–water partition coefficient (Wildman–Crippen LogP) is 3.03. The molecule has 0 aliphatic heterocycles. The predicted molar refractivity (Wildman–Crippen MR) is 54.4 cm³/mol. The zero-order valence-corrected chi connectivity index (χ0v) is 8.33. The van der Waals surface area contributed by atoms with Gasteiger partial charge in [0.1, 0.15) is 5.82 Å². The molecule has 0 saturated heterocycles. The Hall–Kier alpha value is -1.05. The van der Waals surface area contributed by atoms with Gasteiger partial charge in [-0.3, -0.25) is 0 Å². The second kappa shape index (κ2) is 3.36. The van der Waals surface area contributed by atoms with Crippen molar-refractivity contribution in [1.29, 1.82) is 0 Å². The van der Waals surface area contributed by atoms with Gasteiger partial charge in [0.25, 0.3) is 0 Å². The standard InChI is InChI=1S/C11H16N2/c1-9(2)13-8-7-12-11(13)10-5-3-4-6-10/h5,7-9H,3-4,6H2,1-2H3. The van der Waals surface area contributed by atoms with Crippen LogP contribution < -0.4 is 0 Å². The molecule has 0 N–H and O–H groups in total. The van der Waals surface area contributed by atoms with E-state index in [1.54, 1.807) is 0 Å². The van der Waals surface area contributed by atoms with E-state index in [2.05, 4.69) is 35.7 Å². The maximum absolute atomic E-state index is 4.41. The summed E-state index contributed by atoms with van der Waals surface area (Å²) in [5.74, 6) is 1.17. The summed E-state index contributed by atoms with van der Waals surface area (Å²) in [4.78, 5) is 4.41. The van der Waals surface area contributed by atoms with Crippen molar-refractivity contribution in [3.8, 4) is 0 Å². The van der Waals surface area contributed by atoms with Crippen molar-refractivity contribution in [2.24, 2.45) is 0 Å². The van der Waals surface area contributed by atoms with E-state index in [1.807, 2.05) is 6.20 Å². The highest BCUT2D eigenvalue weighted by Gasteiger charge is 2.13. The third-order valence-electron chi connectivity index (χ3n) is 2.55. The Bertz CT molecular complexity index is 321. The van der Waals surface area contributed by atoms with Gasteiger partial charge in [-0.1, -0.05) is 6.08 Å². The van der Waals surface area contributed by atoms with E-state index >= 15 is 0 Å². The Kier molecular flexibility index (Phi) is 2.21. The zero-order chi connectivity index (χ0) is 9.26. The molecule has 0 bridgehead atoms. The van der Waals surface area contributed by atoms with E-state index < -0.39 is 0 Å². The van der Waals surface area contributed by atoms with Gasteiger partial charge < -0.3 is 4.57 Å². The summed E-state index contributed by atoms with van der Waals surface area (Å²) in [6.45, 7) is 4.39. The first-order valence-electron chi connectivity index (χ1n) is 5.01. The smallest absolute Gasteiger partial charge is 0.135 e. The Balaban J connectivity index is 2.33. The fourth-order valence-electron chi connectivity index (χ4n) is 1.85. The Labute approximate surface area is 79.3 Å². The maximum Gasteiger partial charge on any atom is 0.135 e. The van der Waals surface area contributed by atoms with Crippen molar-refractivity contribution < 1.29 is 0 Å². The number of rotatable bonds is 2. The molecule has 0 saturated carbocycles. The van der Waals surface area contributed by atoms with E-state index in [0.29, 0.717) is 6.04 Å². The van der Waals surface area contributed by atoms with Gasteiger partial charge in [0.15, 0.2) is 0 Å². The lowest BCUT2D eigenvalue weighted by Crippen LogP contribution is -2.03. The first-order valence-corrected chi connectivity index (χ1v) is 5.01. The molecule has 0 radical (unpaired) electrons. The van der Waals surface area contributed by atoms with E-state index in [1.165, 1.54) is 30.7 Å². The van der Waals surface area contributed by atoms with Crippen LogP contribution in [0.4, 0.5) is 0 Å². The topological polar surface area (TPSA) is 17.8 Å². The molecule has 0 fully saturated rings. The van der Waals surface area contributed by atoms with Gasteiger partial charge in [-0.05, 0) is 38.7 Å². The summed E-state index contributed by atoms with van der Waals surface area (Å²) in [6.07, 6.45) is 10.00. The third-order valence-corrected chi connectivity index (χ3v) is 2.55. The minimum atomic E-state index is 0.513. The minimum absolute atomic E-state index is 0.513. The van der Waals surface area contributed by atoms with Crippen LogP contribution in [0.3, 0.4) is 0 Å². The van der Waals surface area contributed by atoms with Crippen LogP contribution in [0.1, 0.15) is 45.0 Å². The van der Waals surface area contributed by atoms with Gasteiger partial charge in [-0.15, -0.1) is 0 Å². The first-order chi connectivity index (χ1) is 6.29. The molecule has 1 aliphatic carbocycles. The Morgan fingerprint density at radius 1 is 1.46 bits per heavy atom. The average molecular weight is 176 g/mol. The van der Waals surface area contributed by atoms with Crippen molar-refractivity contribution in [3.05, 3.63) is 24.3 Å². The molecule has 1 aromatic rings. The Morgan fingerprint density at radius 2 is 2.31 bits per heavy atom. The summed E-state index contributed by atoms with van der Waals surface area (Å²) in [6, 6.07) is 0.513. The molecule has 0 amide bonds. The molecule has 1 heterocycles. The van der Waals surface area contributed by atoms with Gasteiger partial charge in [0.2, 0.25) is 0 Å². The van der Waals surface area contributed by atoms with Crippen LogP contribution in [0.25, 0.3) is 5.57 Å². The summed E-state index contributed by atoms with van der Waals surface area (Å²) < 4.78 is 2.25. The zero-order valence-electron chi connectivity index (χ0n) is 8.33. The van der Waals surface area contributed by atoms with Crippen LogP contribution in [0.2, 0.25) is 0 Å². The minimum Gasteiger partial charge on any atom is -0.329 e.